The minimum absolute atomic E-state index is 0.654. The average Bonchev–Trinajstić information content (AvgIpc) is 2.73. The van der Waals surface area contributed by atoms with Crippen LogP contribution >= 0.6 is 0 Å². The van der Waals surface area contributed by atoms with Gasteiger partial charge in [0.1, 0.15) is 11.6 Å². The van der Waals surface area contributed by atoms with E-state index in [1.54, 1.807) is 18.0 Å². The summed E-state index contributed by atoms with van der Waals surface area (Å²) in [7, 11) is 3.53. The van der Waals surface area contributed by atoms with E-state index in [1.165, 1.54) is 0 Å². The monoisotopic (exact) mass is 218 g/mol. The molecular weight excluding hydrogens is 204 g/mol. The van der Waals surface area contributed by atoms with E-state index >= 15 is 0 Å². The maximum Gasteiger partial charge on any atom is 0.129 e. The number of ether oxygens (including phenoxy) is 1. The Morgan fingerprint density at radius 1 is 1.44 bits per heavy atom. The molecule has 5 nitrogen and oxygen atoms in total. The van der Waals surface area contributed by atoms with Gasteiger partial charge in [0.15, 0.2) is 0 Å². The lowest BCUT2D eigenvalue weighted by molar-refractivity contribution is 0.414. The van der Waals surface area contributed by atoms with Crippen molar-refractivity contribution >= 4 is 5.82 Å². The third kappa shape index (κ3) is 2.50. The Balaban J connectivity index is 1.99. The van der Waals surface area contributed by atoms with Crippen LogP contribution in [0.15, 0.2) is 30.6 Å². The van der Waals surface area contributed by atoms with Crippen LogP contribution in [-0.4, -0.2) is 21.9 Å². The highest BCUT2D eigenvalue weighted by molar-refractivity contribution is 5.40. The van der Waals surface area contributed by atoms with Crippen LogP contribution < -0.4 is 10.1 Å². The van der Waals surface area contributed by atoms with Crippen LogP contribution in [0.4, 0.5) is 5.82 Å². The van der Waals surface area contributed by atoms with Gasteiger partial charge in [0.25, 0.3) is 0 Å². The molecule has 0 unspecified atom stereocenters. The largest absolute Gasteiger partial charge is 0.497 e. The first-order valence-corrected chi connectivity index (χ1v) is 5.00. The minimum atomic E-state index is 0.654. The Kier molecular flexibility index (Phi) is 3.05. The molecular formula is C11H14N4O. The fourth-order valence-electron chi connectivity index (χ4n) is 1.37. The van der Waals surface area contributed by atoms with E-state index in [2.05, 4.69) is 15.4 Å². The molecule has 0 atom stereocenters. The summed E-state index contributed by atoms with van der Waals surface area (Å²) in [6.45, 7) is 0.654. The number of hydrogen-bond donors (Lipinski definition) is 1. The summed E-state index contributed by atoms with van der Waals surface area (Å²) in [5.74, 6) is 1.57. The molecule has 84 valence electrons. The highest BCUT2D eigenvalue weighted by atomic mass is 16.5. The van der Waals surface area contributed by atoms with E-state index in [4.69, 9.17) is 4.74 Å². The number of anilines is 1. The Morgan fingerprint density at radius 2 is 2.31 bits per heavy atom. The Morgan fingerprint density at radius 3 is 3.00 bits per heavy atom. The van der Waals surface area contributed by atoms with Gasteiger partial charge in [-0.2, -0.15) is 5.10 Å². The second-order valence-corrected chi connectivity index (χ2v) is 3.42. The molecule has 0 fully saturated rings. The molecule has 5 heteroatoms. The maximum atomic E-state index is 5.11. The average molecular weight is 218 g/mol. The summed E-state index contributed by atoms with van der Waals surface area (Å²) in [5.41, 5.74) is 0.979. The number of nitrogens with one attached hydrogen (secondary N) is 1. The van der Waals surface area contributed by atoms with Crippen LogP contribution in [0.2, 0.25) is 0 Å². The fraction of sp³-hybridized carbons (Fsp3) is 0.273. The van der Waals surface area contributed by atoms with Gasteiger partial charge >= 0.3 is 0 Å². The van der Waals surface area contributed by atoms with Crippen molar-refractivity contribution in [2.24, 2.45) is 7.05 Å². The zero-order valence-electron chi connectivity index (χ0n) is 9.34. The second kappa shape index (κ2) is 4.65. The van der Waals surface area contributed by atoms with Crippen molar-refractivity contribution in [2.45, 2.75) is 6.54 Å². The van der Waals surface area contributed by atoms with Gasteiger partial charge in [-0.05, 0) is 12.1 Å². The van der Waals surface area contributed by atoms with E-state index < -0.39 is 0 Å². The molecule has 1 N–H and O–H groups in total. The van der Waals surface area contributed by atoms with Gasteiger partial charge in [0.05, 0.1) is 19.3 Å². The quantitative estimate of drug-likeness (QED) is 0.843. The lowest BCUT2D eigenvalue weighted by Crippen LogP contribution is -2.02. The number of rotatable bonds is 4. The van der Waals surface area contributed by atoms with Crippen LogP contribution in [-0.2, 0) is 13.6 Å². The predicted octanol–water partition coefficient (Wildman–Crippen LogP) is 1.44. The number of aromatic nitrogens is 3. The van der Waals surface area contributed by atoms with Gasteiger partial charge in [-0.1, -0.05) is 0 Å². The maximum absolute atomic E-state index is 5.11. The molecule has 2 heterocycles. The summed E-state index contributed by atoms with van der Waals surface area (Å²) in [4.78, 5) is 4.18. The van der Waals surface area contributed by atoms with Crippen molar-refractivity contribution in [3.63, 3.8) is 0 Å². The van der Waals surface area contributed by atoms with Crippen LogP contribution in [0.1, 0.15) is 5.69 Å². The van der Waals surface area contributed by atoms with Crippen molar-refractivity contribution in [3.8, 4) is 5.75 Å². The van der Waals surface area contributed by atoms with Gasteiger partial charge in [-0.3, -0.25) is 4.68 Å². The van der Waals surface area contributed by atoms with E-state index in [0.29, 0.717) is 6.54 Å². The molecule has 0 radical (unpaired) electrons. The summed E-state index contributed by atoms with van der Waals surface area (Å²) in [5, 5.41) is 7.45. The molecule has 16 heavy (non-hydrogen) atoms. The molecule has 2 aromatic rings. The molecule has 2 aromatic heterocycles. The second-order valence-electron chi connectivity index (χ2n) is 3.42. The topological polar surface area (TPSA) is 52.0 Å². The first-order valence-electron chi connectivity index (χ1n) is 5.00. The van der Waals surface area contributed by atoms with Crippen molar-refractivity contribution in [2.75, 3.05) is 12.4 Å². The number of pyridine rings is 1. The Hall–Kier alpha value is -2.04. The lowest BCUT2D eigenvalue weighted by atomic mass is 10.4. The highest BCUT2D eigenvalue weighted by Crippen LogP contribution is 2.14. The summed E-state index contributed by atoms with van der Waals surface area (Å²) < 4.78 is 6.89. The van der Waals surface area contributed by atoms with Crippen molar-refractivity contribution in [3.05, 3.63) is 36.3 Å². The van der Waals surface area contributed by atoms with Gasteiger partial charge in [-0.25, -0.2) is 4.98 Å². The Labute approximate surface area is 94.1 Å². The molecule has 0 aliphatic rings. The van der Waals surface area contributed by atoms with Gasteiger partial charge in [-0.15, -0.1) is 0 Å². The highest BCUT2D eigenvalue weighted by Gasteiger charge is 1.99. The first kappa shape index (κ1) is 10.5. The molecule has 0 saturated carbocycles. The van der Waals surface area contributed by atoms with Gasteiger partial charge < -0.3 is 10.1 Å². The third-order valence-corrected chi connectivity index (χ3v) is 2.19. The predicted molar refractivity (Wildman–Crippen MR) is 61.3 cm³/mol. The first-order chi connectivity index (χ1) is 7.78. The number of methoxy groups -OCH3 is 1. The molecule has 0 saturated heterocycles. The van der Waals surface area contributed by atoms with E-state index in [-0.39, 0.29) is 0 Å². The molecule has 0 aliphatic heterocycles. The van der Waals surface area contributed by atoms with Crippen molar-refractivity contribution in [1.29, 1.82) is 0 Å². The molecule has 2 rings (SSSR count). The van der Waals surface area contributed by atoms with Gasteiger partial charge in [0.2, 0.25) is 0 Å². The molecule has 0 bridgehead atoms. The summed E-state index contributed by atoms with van der Waals surface area (Å²) >= 11 is 0. The number of hydrogen-bond acceptors (Lipinski definition) is 4. The summed E-state index contributed by atoms with van der Waals surface area (Å²) in [6, 6.07) is 5.63. The molecule has 0 amide bonds. The van der Waals surface area contributed by atoms with Crippen LogP contribution in [0.25, 0.3) is 0 Å². The standard InChI is InChI=1S/C11H14N4O/c1-15-6-4-9(14-15)8-13-11-7-10(16-2)3-5-12-11/h3-7H,8H2,1-2H3,(H,12,13). The zero-order chi connectivity index (χ0) is 11.4. The molecule has 0 aliphatic carbocycles. The normalized spacial score (nSPS) is 10.1. The molecule has 0 spiro atoms. The minimum Gasteiger partial charge on any atom is -0.497 e. The van der Waals surface area contributed by atoms with Crippen LogP contribution in [0.5, 0.6) is 5.75 Å². The van der Waals surface area contributed by atoms with Crippen LogP contribution in [0.3, 0.4) is 0 Å². The third-order valence-electron chi connectivity index (χ3n) is 2.19. The van der Waals surface area contributed by atoms with E-state index in [0.717, 1.165) is 17.3 Å². The SMILES string of the molecule is COc1ccnc(NCc2ccn(C)n2)c1. The Bertz CT molecular complexity index is 467. The van der Waals surface area contributed by atoms with Crippen LogP contribution in [0, 0.1) is 0 Å². The number of nitrogens with zero attached hydrogens (tertiary/aromatic N) is 3. The fourth-order valence-corrected chi connectivity index (χ4v) is 1.37. The smallest absolute Gasteiger partial charge is 0.129 e. The zero-order valence-corrected chi connectivity index (χ0v) is 9.34. The van der Waals surface area contributed by atoms with E-state index in [9.17, 15) is 0 Å². The van der Waals surface area contributed by atoms with E-state index in [1.807, 2.05) is 31.4 Å². The summed E-state index contributed by atoms with van der Waals surface area (Å²) in [6.07, 6.45) is 3.62. The molecule has 0 aromatic carbocycles. The van der Waals surface area contributed by atoms with Crippen molar-refractivity contribution in [1.82, 2.24) is 14.8 Å². The van der Waals surface area contributed by atoms with Crippen molar-refractivity contribution < 1.29 is 4.74 Å². The van der Waals surface area contributed by atoms with Gasteiger partial charge in [0, 0.05) is 25.5 Å². The lowest BCUT2D eigenvalue weighted by Gasteiger charge is -2.05. The number of aryl methyl sites for hydroxylation is 1.